The Balaban J connectivity index is 1.95. The van der Waals surface area contributed by atoms with E-state index in [9.17, 15) is 0 Å². The normalized spacial score (nSPS) is 25.8. The number of nitrogens with one attached hydrogen (secondary N) is 1. The first-order valence-electron chi connectivity index (χ1n) is 6.35. The minimum Gasteiger partial charge on any atom is -0.375 e. The van der Waals surface area contributed by atoms with Crippen LogP contribution in [-0.4, -0.2) is 27.8 Å². The summed E-state index contributed by atoms with van der Waals surface area (Å²) in [6, 6.07) is 0.805. The molecule has 4 heteroatoms. The molecule has 0 radical (unpaired) electrons. The van der Waals surface area contributed by atoms with Gasteiger partial charge in [0, 0.05) is 32.1 Å². The number of rotatable bonds is 3. The second kappa shape index (κ2) is 4.78. The largest absolute Gasteiger partial charge is 0.375 e. The molecule has 1 N–H and O–H groups in total. The summed E-state index contributed by atoms with van der Waals surface area (Å²) >= 11 is 0. The minimum absolute atomic E-state index is 0.00270. The van der Waals surface area contributed by atoms with Crippen LogP contribution in [0.5, 0.6) is 0 Å². The summed E-state index contributed by atoms with van der Waals surface area (Å²) < 4.78 is 7.80. The van der Waals surface area contributed by atoms with E-state index in [1.165, 1.54) is 0 Å². The highest BCUT2D eigenvalue weighted by Gasteiger charge is 2.29. The predicted molar refractivity (Wildman–Crippen MR) is 67.8 cm³/mol. The SMILES string of the molecule is CC(NC1CCOC(C)(C)C1)c1nccn1C. The molecule has 2 heterocycles. The van der Waals surface area contributed by atoms with Gasteiger partial charge in [0.15, 0.2) is 0 Å². The standard InChI is InChI=1S/C13H23N3O/c1-10(12-14-6-7-16(12)4)15-11-5-8-17-13(2,3)9-11/h6-7,10-11,15H,5,8-9H2,1-4H3. The molecule has 0 amide bonds. The van der Waals surface area contributed by atoms with Gasteiger partial charge in [-0.3, -0.25) is 0 Å². The molecule has 1 aromatic rings. The third-order valence-corrected chi connectivity index (χ3v) is 3.43. The van der Waals surface area contributed by atoms with Crippen molar-refractivity contribution in [1.82, 2.24) is 14.9 Å². The van der Waals surface area contributed by atoms with Gasteiger partial charge in [-0.15, -0.1) is 0 Å². The van der Waals surface area contributed by atoms with Crippen LogP contribution in [-0.2, 0) is 11.8 Å². The van der Waals surface area contributed by atoms with Gasteiger partial charge in [0.25, 0.3) is 0 Å². The maximum absolute atomic E-state index is 5.73. The number of aryl methyl sites for hydroxylation is 1. The zero-order chi connectivity index (χ0) is 12.5. The van der Waals surface area contributed by atoms with Crippen LogP contribution >= 0.6 is 0 Å². The minimum atomic E-state index is -0.00270. The fourth-order valence-electron chi connectivity index (χ4n) is 2.60. The van der Waals surface area contributed by atoms with Crippen LogP contribution in [0.1, 0.15) is 45.5 Å². The molecule has 2 atom stereocenters. The molecular formula is C13H23N3O. The maximum Gasteiger partial charge on any atom is 0.125 e. The van der Waals surface area contributed by atoms with Crippen molar-refractivity contribution in [3.05, 3.63) is 18.2 Å². The van der Waals surface area contributed by atoms with Gasteiger partial charge < -0.3 is 14.6 Å². The monoisotopic (exact) mass is 237 g/mol. The highest BCUT2D eigenvalue weighted by Crippen LogP contribution is 2.25. The zero-order valence-electron chi connectivity index (χ0n) is 11.2. The molecule has 1 aromatic heterocycles. The van der Waals surface area contributed by atoms with Crippen LogP contribution in [0.4, 0.5) is 0 Å². The lowest BCUT2D eigenvalue weighted by Gasteiger charge is -2.37. The molecule has 17 heavy (non-hydrogen) atoms. The molecule has 4 nitrogen and oxygen atoms in total. The van der Waals surface area contributed by atoms with Crippen molar-refractivity contribution in [3.8, 4) is 0 Å². The van der Waals surface area contributed by atoms with E-state index in [-0.39, 0.29) is 11.6 Å². The molecule has 0 spiro atoms. The van der Waals surface area contributed by atoms with Crippen molar-refractivity contribution >= 4 is 0 Å². The quantitative estimate of drug-likeness (QED) is 0.874. The molecular weight excluding hydrogens is 214 g/mol. The fraction of sp³-hybridized carbons (Fsp3) is 0.769. The number of nitrogens with zero attached hydrogens (tertiary/aromatic N) is 2. The van der Waals surface area contributed by atoms with Crippen molar-refractivity contribution in [3.63, 3.8) is 0 Å². The molecule has 0 aliphatic carbocycles. The summed E-state index contributed by atoms with van der Waals surface area (Å²) in [4.78, 5) is 4.39. The van der Waals surface area contributed by atoms with Crippen molar-refractivity contribution < 1.29 is 4.74 Å². The first kappa shape index (κ1) is 12.6. The van der Waals surface area contributed by atoms with E-state index in [0.29, 0.717) is 6.04 Å². The van der Waals surface area contributed by atoms with Crippen LogP contribution in [0.3, 0.4) is 0 Å². The average molecular weight is 237 g/mol. The van der Waals surface area contributed by atoms with E-state index >= 15 is 0 Å². The third-order valence-electron chi connectivity index (χ3n) is 3.43. The van der Waals surface area contributed by atoms with E-state index < -0.39 is 0 Å². The smallest absolute Gasteiger partial charge is 0.125 e. The first-order chi connectivity index (χ1) is 7.98. The van der Waals surface area contributed by atoms with Crippen LogP contribution < -0.4 is 5.32 Å². The van der Waals surface area contributed by atoms with Crippen LogP contribution in [0.2, 0.25) is 0 Å². The molecule has 1 aliphatic rings. The zero-order valence-corrected chi connectivity index (χ0v) is 11.2. The number of hydrogen-bond donors (Lipinski definition) is 1. The van der Waals surface area contributed by atoms with E-state index in [1.54, 1.807) is 0 Å². The Morgan fingerprint density at radius 2 is 2.35 bits per heavy atom. The summed E-state index contributed by atoms with van der Waals surface area (Å²) in [6.07, 6.45) is 5.98. The summed E-state index contributed by atoms with van der Waals surface area (Å²) in [5.41, 5.74) is -0.00270. The summed E-state index contributed by atoms with van der Waals surface area (Å²) in [6.45, 7) is 7.33. The van der Waals surface area contributed by atoms with E-state index in [0.717, 1.165) is 25.3 Å². The summed E-state index contributed by atoms with van der Waals surface area (Å²) in [5, 5.41) is 3.65. The Hall–Kier alpha value is -0.870. The lowest BCUT2D eigenvalue weighted by atomic mass is 9.93. The van der Waals surface area contributed by atoms with E-state index in [2.05, 4.69) is 35.6 Å². The Kier molecular flexibility index (Phi) is 3.54. The number of ether oxygens (including phenoxy) is 1. The van der Waals surface area contributed by atoms with Gasteiger partial charge in [-0.1, -0.05) is 0 Å². The summed E-state index contributed by atoms with van der Waals surface area (Å²) in [7, 11) is 2.04. The average Bonchev–Trinajstić information content (AvgIpc) is 2.62. The lowest BCUT2D eigenvalue weighted by molar-refractivity contribution is -0.0641. The highest BCUT2D eigenvalue weighted by molar-refractivity contribution is 4.98. The highest BCUT2D eigenvalue weighted by atomic mass is 16.5. The van der Waals surface area contributed by atoms with Crippen molar-refractivity contribution in [2.75, 3.05) is 6.61 Å². The molecule has 1 fully saturated rings. The molecule has 1 aliphatic heterocycles. The molecule has 0 saturated carbocycles. The molecule has 2 rings (SSSR count). The second-order valence-electron chi connectivity index (χ2n) is 5.58. The molecule has 96 valence electrons. The van der Waals surface area contributed by atoms with Crippen LogP contribution in [0.15, 0.2) is 12.4 Å². The molecule has 0 bridgehead atoms. The molecule has 1 saturated heterocycles. The van der Waals surface area contributed by atoms with Gasteiger partial charge >= 0.3 is 0 Å². The van der Waals surface area contributed by atoms with E-state index in [4.69, 9.17) is 4.74 Å². The molecule has 2 unspecified atom stereocenters. The Labute approximate surface area is 103 Å². The van der Waals surface area contributed by atoms with Gasteiger partial charge in [-0.25, -0.2) is 4.98 Å². The third kappa shape index (κ3) is 3.07. The van der Waals surface area contributed by atoms with Gasteiger partial charge in [-0.05, 0) is 33.6 Å². The van der Waals surface area contributed by atoms with Gasteiger partial charge in [0.1, 0.15) is 5.82 Å². The number of aromatic nitrogens is 2. The Bertz CT molecular complexity index is 372. The Morgan fingerprint density at radius 1 is 1.59 bits per heavy atom. The predicted octanol–water partition coefficient (Wildman–Crippen LogP) is 2.03. The van der Waals surface area contributed by atoms with Gasteiger partial charge in [-0.2, -0.15) is 0 Å². The van der Waals surface area contributed by atoms with Crippen molar-refractivity contribution in [2.45, 2.75) is 51.3 Å². The first-order valence-corrected chi connectivity index (χ1v) is 6.35. The second-order valence-corrected chi connectivity index (χ2v) is 5.58. The number of imidazole rings is 1. The molecule has 0 aromatic carbocycles. The van der Waals surface area contributed by atoms with Crippen LogP contribution in [0.25, 0.3) is 0 Å². The topological polar surface area (TPSA) is 39.1 Å². The van der Waals surface area contributed by atoms with Gasteiger partial charge in [0.2, 0.25) is 0 Å². The van der Waals surface area contributed by atoms with Crippen molar-refractivity contribution in [1.29, 1.82) is 0 Å². The Morgan fingerprint density at radius 3 is 2.94 bits per heavy atom. The van der Waals surface area contributed by atoms with Gasteiger partial charge in [0.05, 0.1) is 11.6 Å². The number of hydrogen-bond acceptors (Lipinski definition) is 3. The lowest BCUT2D eigenvalue weighted by Crippen LogP contribution is -2.44. The maximum atomic E-state index is 5.73. The summed E-state index contributed by atoms with van der Waals surface area (Å²) in [5.74, 6) is 1.09. The van der Waals surface area contributed by atoms with Crippen LogP contribution in [0, 0.1) is 0 Å². The van der Waals surface area contributed by atoms with E-state index in [1.807, 2.05) is 19.4 Å². The van der Waals surface area contributed by atoms with Crippen molar-refractivity contribution in [2.24, 2.45) is 7.05 Å². The fourth-order valence-corrected chi connectivity index (χ4v) is 2.60.